The lowest BCUT2D eigenvalue weighted by atomic mass is 10.2. The summed E-state index contributed by atoms with van der Waals surface area (Å²) in [5, 5.41) is 11.4. The summed E-state index contributed by atoms with van der Waals surface area (Å²) >= 11 is 0.948. The third-order valence-electron chi connectivity index (χ3n) is 3.79. The molecule has 2 heterocycles. The maximum absolute atomic E-state index is 12.3. The van der Waals surface area contributed by atoms with Crippen LogP contribution in [-0.2, 0) is 0 Å². The summed E-state index contributed by atoms with van der Waals surface area (Å²) in [6, 6.07) is 7.57. The standard InChI is InChI=1S/C19H18N2O4S/c1-3-10-25-13-7-4-12(5-8-13)6-9-14-20-17(22)15-11(2)16(19(23)24)26-18(15)21-14/h4-9H,3,10H2,1-2H3,(H,23,24)(H,20,21,22)/p-1/b9-6+. The highest BCUT2D eigenvalue weighted by atomic mass is 32.1. The molecular weight excluding hydrogens is 352 g/mol. The van der Waals surface area contributed by atoms with Crippen molar-refractivity contribution in [3.63, 3.8) is 0 Å². The van der Waals surface area contributed by atoms with Crippen LogP contribution >= 0.6 is 11.3 Å². The van der Waals surface area contributed by atoms with Gasteiger partial charge < -0.3 is 19.6 Å². The number of nitrogens with zero attached hydrogens (tertiary/aromatic N) is 1. The van der Waals surface area contributed by atoms with E-state index in [0.29, 0.717) is 28.2 Å². The highest BCUT2D eigenvalue weighted by Gasteiger charge is 2.14. The maximum atomic E-state index is 12.3. The first-order valence-electron chi connectivity index (χ1n) is 8.15. The summed E-state index contributed by atoms with van der Waals surface area (Å²) in [5.74, 6) is -0.131. The number of hydrogen-bond donors (Lipinski definition) is 1. The van der Waals surface area contributed by atoms with Gasteiger partial charge in [0, 0.05) is 0 Å². The number of carboxylic acid groups (broad SMARTS) is 1. The van der Waals surface area contributed by atoms with Gasteiger partial charge in [-0.3, -0.25) is 4.79 Å². The Labute approximate surface area is 153 Å². The zero-order valence-corrected chi connectivity index (χ0v) is 15.2. The van der Waals surface area contributed by atoms with E-state index in [2.05, 4.69) is 9.97 Å². The fraction of sp³-hybridized carbons (Fsp3) is 0.211. The van der Waals surface area contributed by atoms with Crippen molar-refractivity contribution in [2.75, 3.05) is 6.61 Å². The van der Waals surface area contributed by atoms with Crippen LogP contribution in [0.1, 0.15) is 40.0 Å². The van der Waals surface area contributed by atoms with Crippen molar-refractivity contribution in [2.24, 2.45) is 0 Å². The molecule has 0 saturated carbocycles. The van der Waals surface area contributed by atoms with E-state index in [1.165, 1.54) is 0 Å². The van der Waals surface area contributed by atoms with Gasteiger partial charge in [-0.2, -0.15) is 0 Å². The van der Waals surface area contributed by atoms with Crippen molar-refractivity contribution in [1.29, 1.82) is 0 Å². The highest BCUT2D eigenvalue weighted by molar-refractivity contribution is 7.20. The predicted octanol–water partition coefficient (Wildman–Crippen LogP) is 2.62. The van der Waals surface area contributed by atoms with Crippen molar-refractivity contribution in [3.8, 4) is 5.75 Å². The number of nitrogens with one attached hydrogen (secondary N) is 1. The highest BCUT2D eigenvalue weighted by Crippen LogP contribution is 2.26. The van der Waals surface area contributed by atoms with E-state index in [1.807, 2.05) is 37.3 Å². The largest absolute Gasteiger partial charge is 0.544 e. The van der Waals surface area contributed by atoms with Crippen LogP contribution in [0.25, 0.3) is 22.4 Å². The number of benzene rings is 1. The second-order valence-corrected chi connectivity index (χ2v) is 6.72. The lowest BCUT2D eigenvalue weighted by Gasteiger charge is -2.04. The lowest BCUT2D eigenvalue weighted by molar-refractivity contribution is -0.254. The van der Waals surface area contributed by atoms with Crippen molar-refractivity contribution < 1.29 is 14.6 Å². The second kappa shape index (κ2) is 7.53. The van der Waals surface area contributed by atoms with E-state index in [0.717, 1.165) is 29.1 Å². The average Bonchev–Trinajstić information content (AvgIpc) is 2.96. The van der Waals surface area contributed by atoms with Gasteiger partial charge in [0.25, 0.3) is 5.56 Å². The molecule has 0 atom stereocenters. The molecule has 0 aliphatic carbocycles. The fourth-order valence-corrected chi connectivity index (χ4v) is 3.53. The lowest BCUT2D eigenvalue weighted by Crippen LogP contribution is -2.21. The minimum absolute atomic E-state index is 0.0294. The Morgan fingerprint density at radius 2 is 2.04 bits per heavy atom. The van der Waals surface area contributed by atoms with Crippen LogP contribution in [0.15, 0.2) is 29.1 Å². The monoisotopic (exact) mass is 369 g/mol. The molecule has 0 spiro atoms. The first-order valence-corrected chi connectivity index (χ1v) is 8.97. The van der Waals surface area contributed by atoms with Gasteiger partial charge >= 0.3 is 0 Å². The van der Waals surface area contributed by atoms with E-state index in [4.69, 9.17) is 4.74 Å². The minimum atomic E-state index is -1.30. The zero-order chi connectivity index (χ0) is 18.7. The van der Waals surface area contributed by atoms with Crippen LogP contribution in [0.4, 0.5) is 0 Å². The summed E-state index contributed by atoms with van der Waals surface area (Å²) < 4.78 is 5.53. The number of fused-ring (bicyclic) bond motifs is 1. The number of aryl methyl sites for hydroxylation is 1. The van der Waals surface area contributed by atoms with Gasteiger partial charge in [0.1, 0.15) is 16.4 Å². The Kier molecular flexibility index (Phi) is 5.18. The molecule has 6 nitrogen and oxygen atoms in total. The summed E-state index contributed by atoms with van der Waals surface area (Å²) in [4.78, 5) is 30.8. The number of carbonyl (C=O) groups is 1. The fourth-order valence-electron chi connectivity index (χ4n) is 2.50. The smallest absolute Gasteiger partial charge is 0.260 e. The van der Waals surface area contributed by atoms with Crippen LogP contribution in [0.3, 0.4) is 0 Å². The molecular formula is C19H17N2O4S-. The molecule has 2 aromatic heterocycles. The van der Waals surface area contributed by atoms with Gasteiger partial charge in [-0.15, -0.1) is 11.3 Å². The number of H-pyrrole nitrogens is 1. The normalized spacial score (nSPS) is 11.3. The predicted molar refractivity (Wildman–Crippen MR) is 100 cm³/mol. The minimum Gasteiger partial charge on any atom is -0.544 e. The van der Waals surface area contributed by atoms with E-state index < -0.39 is 5.97 Å². The Hall–Kier alpha value is -2.93. The van der Waals surface area contributed by atoms with Crippen molar-refractivity contribution in [2.45, 2.75) is 20.3 Å². The van der Waals surface area contributed by atoms with E-state index in [-0.39, 0.29) is 10.4 Å². The quantitative estimate of drug-likeness (QED) is 0.721. The van der Waals surface area contributed by atoms with Crippen molar-refractivity contribution >= 4 is 39.7 Å². The Balaban J connectivity index is 1.88. The third-order valence-corrected chi connectivity index (χ3v) is 4.96. The number of rotatable bonds is 6. The summed E-state index contributed by atoms with van der Waals surface area (Å²) in [6.07, 6.45) is 4.44. The van der Waals surface area contributed by atoms with Crippen LogP contribution in [-0.4, -0.2) is 22.5 Å². The number of thiophene rings is 1. The van der Waals surface area contributed by atoms with Gasteiger partial charge in [-0.25, -0.2) is 4.98 Å². The number of carboxylic acids is 1. The number of aromatic amines is 1. The van der Waals surface area contributed by atoms with Gasteiger partial charge in [-0.1, -0.05) is 25.1 Å². The van der Waals surface area contributed by atoms with Crippen LogP contribution in [0.2, 0.25) is 0 Å². The van der Waals surface area contributed by atoms with Gasteiger partial charge in [-0.05, 0) is 42.7 Å². The SMILES string of the molecule is CCCOc1ccc(/C=C/c2nc3sc(C(=O)[O-])c(C)c3c(=O)[nH]2)cc1. The Bertz CT molecular complexity index is 1030. The first-order chi connectivity index (χ1) is 12.5. The summed E-state index contributed by atoms with van der Waals surface area (Å²) in [7, 11) is 0. The molecule has 0 amide bonds. The van der Waals surface area contributed by atoms with E-state index in [9.17, 15) is 14.7 Å². The average molecular weight is 369 g/mol. The topological polar surface area (TPSA) is 95.1 Å². The molecule has 1 N–H and O–H groups in total. The molecule has 26 heavy (non-hydrogen) atoms. The molecule has 0 saturated heterocycles. The summed E-state index contributed by atoms with van der Waals surface area (Å²) in [5.41, 5.74) is 0.950. The number of aromatic carboxylic acids is 1. The molecule has 0 aliphatic rings. The van der Waals surface area contributed by atoms with Crippen molar-refractivity contribution in [3.05, 3.63) is 56.4 Å². The second-order valence-electron chi connectivity index (χ2n) is 5.73. The van der Waals surface area contributed by atoms with Crippen LogP contribution in [0, 0.1) is 6.92 Å². The first kappa shape index (κ1) is 17.9. The van der Waals surface area contributed by atoms with Crippen molar-refractivity contribution in [1.82, 2.24) is 9.97 Å². The number of carbonyl (C=O) groups excluding carboxylic acids is 1. The zero-order valence-electron chi connectivity index (χ0n) is 14.4. The molecule has 0 unspecified atom stereocenters. The molecule has 3 aromatic rings. The molecule has 1 aromatic carbocycles. The number of hydrogen-bond acceptors (Lipinski definition) is 6. The van der Waals surface area contributed by atoms with Gasteiger partial charge in [0.05, 0.1) is 22.8 Å². The van der Waals surface area contributed by atoms with Gasteiger partial charge in [0.15, 0.2) is 0 Å². The van der Waals surface area contributed by atoms with Gasteiger partial charge in [0.2, 0.25) is 0 Å². The van der Waals surface area contributed by atoms with E-state index in [1.54, 1.807) is 13.0 Å². The Morgan fingerprint density at radius 1 is 1.31 bits per heavy atom. The molecule has 3 rings (SSSR count). The molecule has 134 valence electrons. The number of ether oxygens (including phenoxy) is 1. The maximum Gasteiger partial charge on any atom is 0.260 e. The van der Waals surface area contributed by atoms with E-state index >= 15 is 0 Å². The summed E-state index contributed by atoms with van der Waals surface area (Å²) in [6.45, 7) is 4.31. The van der Waals surface area contributed by atoms with Crippen LogP contribution in [0.5, 0.6) is 5.75 Å². The molecule has 0 bridgehead atoms. The number of aromatic nitrogens is 2. The molecule has 0 aliphatic heterocycles. The van der Waals surface area contributed by atoms with Crippen LogP contribution < -0.4 is 15.4 Å². The Morgan fingerprint density at radius 3 is 2.69 bits per heavy atom. The molecule has 0 fully saturated rings. The molecule has 0 radical (unpaired) electrons. The third kappa shape index (κ3) is 3.67. The molecule has 7 heteroatoms.